The van der Waals surface area contributed by atoms with Crippen molar-refractivity contribution in [2.45, 2.75) is 13.8 Å². The molecule has 0 saturated heterocycles. The van der Waals surface area contributed by atoms with E-state index in [0.29, 0.717) is 11.3 Å². The molecule has 0 aliphatic heterocycles. The summed E-state index contributed by atoms with van der Waals surface area (Å²) < 4.78 is 9.98. The van der Waals surface area contributed by atoms with Crippen molar-refractivity contribution in [2.24, 2.45) is 0 Å². The maximum absolute atomic E-state index is 11.7. The van der Waals surface area contributed by atoms with Crippen LogP contribution in [0, 0.1) is 0 Å². The molecular weight excluding hydrogens is 244 g/mol. The normalized spacial score (nSPS) is 11.4. The van der Waals surface area contributed by atoms with Crippen molar-refractivity contribution in [3.05, 3.63) is 47.7 Å². The largest absolute Gasteiger partial charge is 0.496 e. The molecule has 0 saturated carbocycles. The molecule has 0 heterocycles. The second-order valence-corrected chi connectivity index (χ2v) is 3.73. The number of hydrogen-bond acceptors (Lipinski definition) is 4. The highest BCUT2D eigenvalue weighted by Gasteiger charge is 2.16. The first-order valence-corrected chi connectivity index (χ1v) is 5.78. The summed E-state index contributed by atoms with van der Waals surface area (Å²) in [6.45, 7) is 3.03. The zero-order valence-corrected chi connectivity index (χ0v) is 11.2. The van der Waals surface area contributed by atoms with Gasteiger partial charge in [-0.2, -0.15) is 0 Å². The van der Waals surface area contributed by atoms with Gasteiger partial charge < -0.3 is 9.47 Å². The molecule has 1 aromatic carbocycles. The molecule has 0 aliphatic rings. The van der Waals surface area contributed by atoms with E-state index in [0.717, 1.165) is 0 Å². The molecule has 0 spiro atoms. The fraction of sp³-hybridized carbons (Fsp3) is 0.200. The highest BCUT2D eigenvalue weighted by Crippen LogP contribution is 2.21. The van der Waals surface area contributed by atoms with Gasteiger partial charge in [0, 0.05) is 5.56 Å². The second-order valence-electron chi connectivity index (χ2n) is 3.73. The number of esters is 1. The van der Waals surface area contributed by atoms with Gasteiger partial charge in [0.15, 0.2) is 5.78 Å². The summed E-state index contributed by atoms with van der Waals surface area (Å²) in [4.78, 5) is 23.3. The summed E-state index contributed by atoms with van der Waals surface area (Å²) in [7, 11) is 1.53. The van der Waals surface area contributed by atoms with E-state index >= 15 is 0 Å². The molecule has 0 unspecified atom stereocenters. The van der Waals surface area contributed by atoms with E-state index in [1.165, 1.54) is 26.4 Å². The first-order chi connectivity index (χ1) is 9.10. The number of ketones is 1. The number of ether oxygens (including phenoxy) is 2. The highest BCUT2D eigenvalue weighted by atomic mass is 16.5. The molecule has 0 fully saturated rings. The van der Waals surface area contributed by atoms with Crippen LogP contribution in [0.3, 0.4) is 0 Å². The number of benzene rings is 1. The van der Waals surface area contributed by atoms with E-state index in [1.54, 1.807) is 31.2 Å². The van der Waals surface area contributed by atoms with E-state index in [1.807, 2.05) is 6.07 Å². The minimum absolute atomic E-state index is 0.0254. The Labute approximate surface area is 112 Å². The third kappa shape index (κ3) is 4.10. The summed E-state index contributed by atoms with van der Waals surface area (Å²) in [6.07, 6.45) is 4.27. The molecule has 0 N–H and O–H groups in total. The van der Waals surface area contributed by atoms with Crippen LogP contribution >= 0.6 is 0 Å². The molecule has 4 heteroatoms. The van der Waals surface area contributed by atoms with Gasteiger partial charge in [0.2, 0.25) is 0 Å². The second kappa shape index (κ2) is 7.16. The Morgan fingerprint density at radius 1 is 1.21 bits per heavy atom. The number of Topliss-reactive ketones (excluding diaryl/α,β-unsaturated/α-hetero) is 1. The average Bonchev–Trinajstić information content (AvgIpc) is 2.42. The molecule has 0 bridgehead atoms. The summed E-state index contributed by atoms with van der Waals surface area (Å²) in [6, 6.07) is 7.11. The smallest absolute Gasteiger partial charge is 0.346 e. The molecule has 100 valence electrons. The lowest BCUT2D eigenvalue weighted by atomic mass is 10.1. The topological polar surface area (TPSA) is 52.6 Å². The molecule has 1 rings (SSSR count). The number of rotatable bonds is 5. The average molecular weight is 260 g/mol. The first-order valence-electron chi connectivity index (χ1n) is 5.78. The molecule has 0 aromatic heterocycles. The standard InChI is InChI=1S/C15H16O4/c1-4-9-19-15(17)13(11(2)16)10-12-7-5-6-8-14(12)18-3/h4-10H,1-3H3. The maximum atomic E-state index is 11.7. The Balaban J connectivity index is 3.14. The van der Waals surface area contributed by atoms with Gasteiger partial charge >= 0.3 is 5.97 Å². The predicted octanol–water partition coefficient (Wildman–Crippen LogP) is 2.74. The van der Waals surface area contributed by atoms with E-state index in [4.69, 9.17) is 9.47 Å². The number of allylic oxidation sites excluding steroid dienone is 1. The van der Waals surface area contributed by atoms with Crippen molar-refractivity contribution in [3.63, 3.8) is 0 Å². The molecule has 4 nitrogen and oxygen atoms in total. The zero-order valence-electron chi connectivity index (χ0n) is 11.2. The Kier molecular flexibility index (Phi) is 5.54. The zero-order chi connectivity index (χ0) is 14.3. The van der Waals surface area contributed by atoms with Crippen LogP contribution in [0.2, 0.25) is 0 Å². The molecule has 0 amide bonds. The van der Waals surface area contributed by atoms with Gasteiger partial charge in [0.1, 0.15) is 11.3 Å². The minimum atomic E-state index is -0.684. The summed E-state index contributed by atoms with van der Waals surface area (Å²) in [5, 5.41) is 0. The number of hydrogen-bond donors (Lipinski definition) is 0. The fourth-order valence-corrected chi connectivity index (χ4v) is 1.44. The predicted molar refractivity (Wildman–Crippen MR) is 72.6 cm³/mol. The molecule has 0 radical (unpaired) electrons. The van der Waals surface area contributed by atoms with Gasteiger partial charge in [-0.05, 0) is 26.0 Å². The van der Waals surface area contributed by atoms with E-state index < -0.39 is 5.97 Å². The van der Waals surface area contributed by atoms with Crippen LogP contribution in [0.4, 0.5) is 0 Å². The van der Waals surface area contributed by atoms with E-state index in [2.05, 4.69) is 0 Å². The lowest BCUT2D eigenvalue weighted by Gasteiger charge is -2.06. The third-order valence-corrected chi connectivity index (χ3v) is 2.35. The van der Waals surface area contributed by atoms with Crippen molar-refractivity contribution < 1.29 is 19.1 Å². The first kappa shape index (κ1) is 14.7. The van der Waals surface area contributed by atoms with Crippen molar-refractivity contribution in [1.82, 2.24) is 0 Å². The molecule has 19 heavy (non-hydrogen) atoms. The summed E-state index contributed by atoms with van der Waals surface area (Å²) >= 11 is 0. The van der Waals surface area contributed by atoms with Crippen LogP contribution in [0.5, 0.6) is 5.75 Å². The van der Waals surface area contributed by atoms with Crippen LogP contribution in [-0.4, -0.2) is 18.9 Å². The van der Waals surface area contributed by atoms with Crippen molar-refractivity contribution >= 4 is 17.8 Å². The van der Waals surface area contributed by atoms with Crippen LogP contribution in [0.1, 0.15) is 19.4 Å². The SMILES string of the molecule is CC=COC(=O)C(=Cc1ccccc1OC)C(C)=O. The molecule has 1 aromatic rings. The Morgan fingerprint density at radius 2 is 1.89 bits per heavy atom. The van der Waals surface area contributed by atoms with Crippen LogP contribution in [0.25, 0.3) is 6.08 Å². The number of methoxy groups -OCH3 is 1. The lowest BCUT2D eigenvalue weighted by Crippen LogP contribution is -2.11. The third-order valence-electron chi connectivity index (χ3n) is 2.35. The van der Waals surface area contributed by atoms with Crippen LogP contribution < -0.4 is 4.74 Å². The summed E-state index contributed by atoms with van der Waals surface area (Å²) in [5.41, 5.74) is 0.621. The van der Waals surface area contributed by atoms with Crippen molar-refractivity contribution in [2.75, 3.05) is 7.11 Å². The fourth-order valence-electron chi connectivity index (χ4n) is 1.44. The van der Waals surface area contributed by atoms with Gasteiger partial charge in [-0.15, -0.1) is 0 Å². The maximum Gasteiger partial charge on any atom is 0.346 e. The Hall–Kier alpha value is -2.36. The van der Waals surface area contributed by atoms with Gasteiger partial charge in [0.25, 0.3) is 0 Å². The van der Waals surface area contributed by atoms with Gasteiger partial charge in [0.05, 0.1) is 13.4 Å². The van der Waals surface area contributed by atoms with Crippen LogP contribution in [-0.2, 0) is 14.3 Å². The lowest BCUT2D eigenvalue weighted by molar-refractivity contribution is -0.135. The number of carbonyl (C=O) groups is 2. The van der Waals surface area contributed by atoms with Gasteiger partial charge in [-0.3, -0.25) is 4.79 Å². The Bertz CT molecular complexity index is 527. The molecule has 0 atom stereocenters. The Morgan fingerprint density at radius 3 is 2.47 bits per heavy atom. The van der Waals surface area contributed by atoms with E-state index in [-0.39, 0.29) is 11.4 Å². The van der Waals surface area contributed by atoms with Crippen molar-refractivity contribution in [1.29, 1.82) is 0 Å². The van der Waals surface area contributed by atoms with E-state index in [9.17, 15) is 9.59 Å². The minimum Gasteiger partial charge on any atom is -0.496 e. The van der Waals surface area contributed by atoms with Gasteiger partial charge in [-0.1, -0.05) is 24.3 Å². The monoisotopic (exact) mass is 260 g/mol. The van der Waals surface area contributed by atoms with Crippen LogP contribution in [0.15, 0.2) is 42.2 Å². The summed E-state index contributed by atoms with van der Waals surface area (Å²) in [5.74, 6) is -0.461. The molecule has 0 aliphatic carbocycles. The molecular formula is C15H16O4. The van der Waals surface area contributed by atoms with Gasteiger partial charge in [-0.25, -0.2) is 4.79 Å². The highest BCUT2D eigenvalue weighted by molar-refractivity contribution is 6.20. The van der Waals surface area contributed by atoms with Crippen molar-refractivity contribution in [3.8, 4) is 5.75 Å². The quantitative estimate of drug-likeness (QED) is 0.268. The number of para-hydroxylation sites is 1. The number of carbonyl (C=O) groups excluding carboxylic acids is 2.